The van der Waals surface area contributed by atoms with Gasteiger partial charge in [-0.15, -0.1) is 10.2 Å². The Labute approximate surface area is 168 Å². The van der Waals surface area contributed by atoms with Gasteiger partial charge in [-0.25, -0.2) is 0 Å². The maximum atomic E-state index is 12.4. The molecule has 154 valence electrons. The Morgan fingerprint density at radius 2 is 1.83 bits per heavy atom. The van der Waals surface area contributed by atoms with Crippen molar-refractivity contribution in [2.75, 3.05) is 7.11 Å². The summed E-state index contributed by atoms with van der Waals surface area (Å²) in [5.41, 5.74) is 1.26. The van der Waals surface area contributed by atoms with E-state index in [9.17, 15) is 8.78 Å². The van der Waals surface area contributed by atoms with Crippen LogP contribution in [0.1, 0.15) is 5.89 Å². The highest BCUT2D eigenvalue weighted by molar-refractivity contribution is 5.60. The number of nitrogens with zero attached hydrogens (tertiary/aromatic N) is 4. The van der Waals surface area contributed by atoms with Gasteiger partial charge in [-0.1, -0.05) is 5.16 Å². The fourth-order valence-corrected chi connectivity index (χ4v) is 2.57. The molecule has 0 saturated heterocycles. The zero-order valence-electron chi connectivity index (χ0n) is 15.5. The number of ether oxygens (including phenoxy) is 3. The van der Waals surface area contributed by atoms with Crippen LogP contribution in [0.25, 0.3) is 22.8 Å². The minimum Gasteiger partial charge on any atom is -0.493 e. The Morgan fingerprint density at radius 3 is 2.53 bits per heavy atom. The summed E-state index contributed by atoms with van der Waals surface area (Å²) in [5, 5.41) is 11.3. The molecule has 4 aromatic rings. The van der Waals surface area contributed by atoms with E-state index in [2.05, 4.69) is 25.1 Å². The maximum absolute atomic E-state index is 12.4. The molecule has 0 aliphatic rings. The van der Waals surface area contributed by atoms with E-state index in [1.54, 1.807) is 24.3 Å². The van der Waals surface area contributed by atoms with Crippen LogP contribution in [0.3, 0.4) is 0 Å². The van der Waals surface area contributed by atoms with Crippen molar-refractivity contribution < 1.29 is 31.9 Å². The number of halogens is 2. The van der Waals surface area contributed by atoms with E-state index >= 15 is 0 Å². The highest BCUT2D eigenvalue weighted by Crippen LogP contribution is 2.32. The Hall–Kier alpha value is -4.02. The molecule has 2 aromatic carbocycles. The van der Waals surface area contributed by atoms with Crippen molar-refractivity contribution in [1.82, 2.24) is 20.3 Å². The van der Waals surface area contributed by atoms with Crippen LogP contribution in [-0.2, 0) is 6.61 Å². The smallest absolute Gasteiger partial charge is 0.387 e. The summed E-state index contributed by atoms with van der Waals surface area (Å²) < 4.78 is 50.3. The van der Waals surface area contributed by atoms with Gasteiger partial charge in [0.25, 0.3) is 5.89 Å². The summed E-state index contributed by atoms with van der Waals surface area (Å²) in [6, 6.07) is 11.4. The molecule has 0 N–H and O–H groups in total. The van der Waals surface area contributed by atoms with Gasteiger partial charge >= 0.3 is 6.61 Å². The SMILES string of the molecule is COc1cc(-c2noc(COc3ccc(-c4nnco4)cc3)n2)ccc1OC(F)F. The number of aromatic nitrogens is 4. The zero-order valence-corrected chi connectivity index (χ0v) is 15.5. The van der Waals surface area contributed by atoms with Crippen LogP contribution in [0, 0.1) is 0 Å². The van der Waals surface area contributed by atoms with Gasteiger partial charge in [-0.2, -0.15) is 13.8 Å². The van der Waals surface area contributed by atoms with E-state index in [0.29, 0.717) is 17.2 Å². The van der Waals surface area contributed by atoms with E-state index in [-0.39, 0.29) is 29.8 Å². The van der Waals surface area contributed by atoms with Crippen molar-refractivity contribution in [3.63, 3.8) is 0 Å². The third-order valence-corrected chi connectivity index (χ3v) is 3.93. The second-order valence-corrected chi connectivity index (χ2v) is 5.81. The Kier molecular flexibility index (Phi) is 5.50. The number of rotatable bonds is 8. The van der Waals surface area contributed by atoms with Gasteiger partial charge in [0.15, 0.2) is 18.1 Å². The second-order valence-electron chi connectivity index (χ2n) is 5.81. The molecule has 0 aliphatic carbocycles. The molecule has 0 aliphatic heterocycles. The monoisotopic (exact) mass is 416 g/mol. The highest BCUT2D eigenvalue weighted by Gasteiger charge is 2.15. The largest absolute Gasteiger partial charge is 0.493 e. The first-order valence-electron chi connectivity index (χ1n) is 8.57. The number of alkyl halides is 2. The van der Waals surface area contributed by atoms with Gasteiger partial charge in [0.2, 0.25) is 18.1 Å². The molecule has 0 fully saturated rings. The van der Waals surface area contributed by atoms with Gasteiger partial charge in [-0.05, 0) is 42.5 Å². The number of hydrogen-bond acceptors (Lipinski definition) is 9. The van der Waals surface area contributed by atoms with Crippen molar-refractivity contribution in [1.29, 1.82) is 0 Å². The highest BCUT2D eigenvalue weighted by atomic mass is 19.3. The third kappa shape index (κ3) is 4.35. The lowest BCUT2D eigenvalue weighted by molar-refractivity contribution is -0.0512. The maximum Gasteiger partial charge on any atom is 0.387 e. The number of benzene rings is 2. The lowest BCUT2D eigenvalue weighted by Crippen LogP contribution is -2.03. The summed E-state index contributed by atoms with van der Waals surface area (Å²) in [4.78, 5) is 4.24. The van der Waals surface area contributed by atoms with Crippen molar-refractivity contribution in [3.8, 4) is 40.1 Å². The summed E-state index contributed by atoms with van der Waals surface area (Å²) in [6.45, 7) is -2.92. The summed E-state index contributed by atoms with van der Waals surface area (Å²) in [7, 11) is 1.34. The van der Waals surface area contributed by atoms with Crippen molar-refractivity contribution >= 4 is 0 Å². The third-order valence-electron chi connectivity index (χ3n) is 3.93. The van der Waals surface area contributed by atoms with Gasteiger partial charge in [0.05, 0.1) is 7.11 Å². The van der Waals surface area contributed by atoms with Gasteiger partial charge in [-0.3, -0.25) is 0 Å². The minimum atomic E-state index is -2.96. The molecule has 0 atom stereocenters. The van der Waals surface area contributed by atoms with Crippen LogP contribution in [-0.4, -0.2) is 34.1 Å². The average Bonchev–Trinajstić information content (AvgIpc) is 3.45. The number of hydrogen-bond donors (Lipinski definition) is 0. The molecule has 0 bridgehead atoms. The first-order valence-corrected chi connectivity index (χ1v) is 8.57. The molecular weight excluding hydrogens is 402 g/mol. The quantitative estimate of drug-likeness (QED) is 0.422. The molecule has 0 saturated carbocycles. The first-order chi connectivity index (χ1) is 14.6. The van der Waals surface area contributed by atoms with E-state index < -0.39 is 6.61 Å². The van der Waals surface area contributed by atoms with E-state index in [0.717, 1.165) is 5.56 Å². The molecule has 0 amide bonds. The summed E-state index contributed by atoms with van der Waals surface area (Å²) >= 11 is 0. The predicted octanol–water partition coefficient (Wildman–Crippen LogP) is 3.98. The average molecular weight is 416 g/mol. The Balaban J connectivity index is 1.42. The molecule has 0 radical (unpaired) electrons. The Morgan fingerprint density at radius 1 is 1.03 bits per heavy atom. The first kappa shape index (κ1) is 19.3. The normalized spacial score (nSPS) is 10.9. The fourth-order valence-electron chi connectivity index (χ4n) is 2.57. The number of methoxy groups -OCH3 is 1. The van der Waals surface area contributed by atoms with Gasteiger partial charge in [0, 0.05) is 11.1 Å². The lowest BCUT2D eigenvalue weighted by atomic mass is 10.2. The van der Waals surface area contributed by atoms with Gasteiger partial charge in [0.1, 0.15) is 5.75 Å². The van der Waals surface area contributed by atoms with Crippen LogP contribution >= 0.6 is 0 Å². The van der Waals surface area contributed by atoms with Crippen molar-refractivity contribution in [3.05, 3.63) is 54.7 Å². The molecule has 0 unspecified atom stereocenters. The lowest BCUT2D eigenvalue weighted by Gasteiger charge is -2.10. The zero-order chi connectivity index (χ0) is 20.9. The topological polar surface area (TPSA) is 106 Å². The molecular formula is C19H14F2N4O5. The molecule has 0 spiro atoms. The molecule has 2 aromatic heterocycles. The summed E-state index contributed by atoms with van der Waals surface area (Å²) in [6.07, 6.45) is 1.25. The molecule has 2 heterocycles. The standard InChI is InChI=1S/C19H14F2N4O5/c1-26-15-8-12(4-7-14(15)29-19(20)21)17-23-16(30-25-17)9-27-13-5-2-11(3-6-13)18-24-22-10-28-18/h2-8,10,19H,9H2,1H3. The fraction of sp³-hybridized carbons (Fsp3) is 0.158. The van der Waals surface area contributed by atoms with Gasteiger partial charge < -0.3 is 23.2 Å². The van der Waals surface area contributed by atoms with Crippen LogP contribution in [0.2, 0.25) is 0 Å². The van der Waals surface area contributed by atoms with E-state index in [1.165, 1.54) is 31.7 Å². The van der Waals surface area contributed by atoms with E-state index in [1.807, 2.05) is 0 Å². The van der Waals surface area contributed by atoms with Crippen LogP contribution in [0.5, 0.6) is 17.2 Å². The van der Waals surface area contributed by atoms with Crippen LogP contribution in [0.15, 0.2) is 57.8 Å². The molecule has 11 heteroatoms. The van der Waals surface area contributed by atoms with Crippen molar-refractivity contribution in [2.45, 2.75) is 13.2 Å². The summed E-state index contributed by atoms with van der Waals surface area (Å²) in [5.74, 6) is 1.50. The second kappa shape index (κ2) is 8.55. The molecule has 30 heavy (non-hydrogen) atoms. The van der Waals surface area contributed by atoms with Crippen LogP contribution in [0.4, 0.5) is 8.78 Å². The Bertz CT molecular complexity index is 1100. The van der Waals surface area contributed by atoms with E-state index in [4.69, 9.17) is 18.4 Å². The van der Waals surface area contributed by atoms with Crippen LogP contribution < -0.4 is 14.2 Å². The minimum absolute atomic E-state index is 0.0383. The van der Waals surface area contributed by atoms with Crippen molar-refractivity contribution in [2.24, 2.45) is 0 Å². The molecule has 4 rings (SSSR count). The predicted molar refractivity (Wildman–Crippen MR) is 97.0 cm³/mol. The molecule has 9 nitrogen and oxygen atoms in total.